The molecule has 1 heterocycles. The van der Waals surface area contributed by atoms with Crippen LogP contribution in [0.4, 0.5) is 0 Å². The van der Waals surface area contributed by atoms with E-state index < -0.39 is 0 Å². The first-order valence-corrected chi connectivity index (χ1v) is 10.3. The predicted octanol–water partition coefficient (Wildman–Crippen LogP) is 3.58. The van der Waals surface area contributed by atoms with Gasteiger partial charge in [-0.2, -0.15) is 0 Å². The van der Waals surface area contributed by atoms with Crippen molar-refractivity contribution in [3.8, 4) is 5.75 Å². The summed E-state index contributed by atoms with van der Waals surface area (Å²) in [6.45, 7) is 13.3. The lowest BCUT2D eigenvalue weighted by atomic mass is 10.2. The van der Waals surface area contributed by atoms with Crippen molar-refractivity contribution in [3.05, 3.63) is 54.4 Å². The standard InChI is InChI=1S/C22H35N5O.HI/c1-4-23-22(24-13-16-27-14-9-10-15-27)25-19-20-11-7-8-12-21(20)28-18-17-26(5-2)6-3;/h7-12,14-15H,4-6,13,16-19H2,1-3H3,(H2,23,24,25);1H. The van der Waals surface area contributed by atoms with Crippen LogP contribution in [0.3, 0.4) is 0 Å². The molecule has 7 heteroatoms. The number of nitrogens with one attached hydrogen (secondary N) is 2. The smallest absolute Gasteiger partial charge is 0.191 e. The second-order valence-electron chi connectivity index (χ2n) is 6.53. The Bertz CT molecular complexity index is 686. The van der Waals surface area contributed by atoms with E-state index in [4.69, 9.17) is 9.73 Å². The molecule has 1 aromatic heterocycles. The SMILES string of the molecule is CCNC(=NCc1ccccc1OCCN(CC)CC)NCCn1cccc1.I. The summed E-state index contributed by atoms with van der Waals surface area (Å²) >= 11 is 0. The number of benzene rings is 1. The molecule has 0 atom stereocenters. The van der Waals surface area contributed by atoms with Gasteiger partial charge in [0, 0.05) is 44.1 Å². The maximum atomic E-state index is 6.04. The molecule has 0 aliphatic carbocycles. The van der Waals surface area contributed by atoms with Crippen molar-refractivity contribution in [2.75, 3.05) is 39.3 Å². The maximum absolute atomic E-state index is 6.04. The van der Waals surface area contributed by atoms with Crippen molar-refractivity contribution in [3.63, 3.8) is 0 Å². The number of nitrogens with zero attached hydrogens (tertiary/aromatic N) is 3. The molecule has 0 aliphatic rings. The molecule has 0 amide bonds. The number of hydrogen-bond donors (Lipinski definition) is 2. The number of ether oxygens (including phenoxy) is 1. The van der Waals surface area contributed by atoms with Crippen molar-refractivity contribution >= 4 is 29.9 Å². The average Bonchev–Trinajstić information content (AvgIpc) is 3.24. The molecule has 29 heavy (non-hydrogen) atoms. The molecule has 0 saturated heterocycles. The van der Waals surface area contributed by atoms with Crippen molar-refractivity contribution in [2.24, 2.45) is 4.99 Å². The quantitative estimate of drug-likeness (QED) is 0.259. The number of guanidine groups is 1. The van der Waals surface area contributed by atoms with Gasteiger partial charge in [0.25, 0.3) is 0 Å². The lowest BCUT2D eigenvalue weighted by Gasteiger charge is -2.19. The first-order valence-electron chi connectivity index (χ1n) is 10.3. The molecule has 0 radical (unpaired) electrons. The van der Waals surface area contributed by atoms with Gasteiger partial charge in [0.2, 0.25) is 0 Å². The molecule has 0 saturated carbocycles. The van der Waals surface area contributed by atoms with Crippen LogP contribution in [0, 0.1) is 0 Å². The predicted molar refractivity (Wildman–Crippen MR) is 132 cm³/mol. The molecule has 0 spiro atoms. The lowest BCUT2D eigenvalue weighted by Crippen LogP contribution is -2.38. The monoisotopic (exact) mass is 513 g/mol. The zero-order chi connectivity index (χ0) is 20.0. The second kappa shape index (κ2) is 15.1. The fraction of sp³-hybridized carbons (Fsp3) is 0.500. The summed E-state index contributed by atoms with van der Waals surface area (Å²) in [7, 11) is 0. The van der Waals surface area contributed by atoms with Crippen LogP contribution in [0.25, 0.3) is 0 Å². The van der Waals surface area contributed by atoms with Gasteiger partial charge >= 0.3 is 0 Å². The normalized spacial score (nSPS) is 11.2. The summed E-state index contributed by atoms with van der Waals surface area (Å²) in [6.07, 6.45) is 4.13. The summed E-state index contributed by atoms with van der Waals surface area (Å²) in [5, 5.41) is 6.70. The Hall–Kier alpha value is -1.74. The molecule has 0 bridgehead atoms. The number of aromatic nitrogens is 1. The van der Waals surface area contributed by atoms with Gasteiger partial charge in [-0.15, -0.1) is 24.0 Å². The minimum absolute atomic E-state index is 0. The molecule has 0 fully saturated rings. The Morgan fingerprint density at radius 1 is 1.03 bits per heavy atom. The molecule has 2 N–H and O–H groups in total. The van der Waals surface area contributed by atoms with Crippen LogP contribution < -0.4 is 15.4 Å². The highest BCUT2D eigenvalue weighted by atomic mass is 127. The maximum Gasteiger partial charge on any atom is 0.191 e. The molecule has 0 unspecified atom stereocenters. The highest BCUT2D eigenvalue weighted by Crippen LogP contribution is 2.18. The highest BCUT2D eigenvalue weighted by Gasteiger charge is 2.05. The van der Waals surface area contributed by atoms with Crippen molar-refractivity contribution < 1.29 is 4.74 Å². The van der Waals surface area contributed by atoms with Crippen LogP contribution in [0.15, 0.2) is 53.8 Å². The molecule has 162 valence electrons. The molecule has 2 rings (SSSR count). The summed E-state index contributed by atoms with van der Waals surface area (Å²) < 4.78 is 8.19. The van der Waals surface area contributed by atoms with Crippen molar-refractivity contribution in [1.82, 2.24) is 20.1 Å². The Labute approximate surface area is 192 Å². The minimum atomic E-state index is 0. The third kappa shape index (κ3) is 9.54. The van der Waals surface area contributed by atoms with E-state index in [2.05, 4.69) is 59.3 Å². The van der Waals surface area contributed by atoms with Crippen molar-refractivity contribution in [1.29, 1.82) is 0 Å². The molecular formula is C22H36IN5O. The zero-order valence-corrected chi connectivity index (χ0v) is 20.3. The minimum Gasteiger partial charge on any atom is -0.492 e. The number of para-hydroxylation sites is 1. The second-order valence-corrected chi connectivity index (χ2v) is 6.53. The third-order valence-corrected chi connectivity index (χ3v) is 4.61. The van der Waals surface area contributed by atoms with Crippen LogP contribution in [-0.4, -0.2) is 54.8 Å². The van der Waals surface area contributed by atoms with Gasteiger partial charge in [0.15, 0.2) is 5.96 Å². The van der Waals surface area contributed by atoms with Crippen LogP contribution in [0.5, 0.6) is 5.75 Å². The topological polar surface area (TPSA) is 53.8 Å². The van der Waals surface area contributed by atoms with E-state index in [0.717, 1.165) is 56.5 Å². The molecular weight excluding hydrogens is 477 g/mol. The van der Waals surface area contributed by atoms with Crippen LogP contribution in [-0.2, 0) is 13.1 Å². The average molecular weight is 513 g/mol. The lowest BCUT2D eigenvalue weighted by molar-refractivity contribution is 0.221. The van der Waals surface area contributed by atoms with Gasteiger partial charge in [-0.1, -0.05) is 32.0 Å². The van der Waals surface area contributed by atoms with E-state index in [0.29, 0.717) is 13.2 Å². The summed E-state index contributed by atoms with van der Waals surface area (Å²) in [6, 6.07) is 12.2. The van der Waals surface area contributed by atoms with E-state index in [1.807, 2.05) is 30.3 Å². The first-order chi connectivity index (χ1) is 13.8. The fourth-order valence-electron chi connectivity index (χ4n) is 2.93. The van der Waals surface area contributed by atoms with Gasteiger partial charge in [0.1, 0.15) is 12.4 Å². The summed E-state index contributed by atoms with van der Waals surface area (Å²) in [4.78, 5) is 7.09. The molecule has 0 aliphatic heterocycles. The Morgan fingerprint density at radius 3 is 2.45 bits per heavy atom. The number of likely N-dealkylation sites (N-methyl/N-ethyl adjacent to an activating group) is 1. The Morgan fingerprint density at radius 2 is 1.76 bits per heavy atom. The number of hydrogen-bond acceptors (Lipinski definition) is 3. The van der Waals surface area contributed by atoms with E-state index in [1.54, 1.807) is 0 Å². The van der Waals surface area contributed by atoms with E-state index >= 15 is 0 Å². The Balaban J connectivity index is 0.00000420. The largest absolute Gasteiger partial charge is 0.492 e. The van der Waals surface area contributed by atoms with Gasteiger partial charge < -0.3 is 24.8 Å². The van der Waals surface area contributed by atoms with E-state index in [1.165, 1.54) is 0 Å². The van der Waals surface area contributed by atoms with Crippen LogP contribution >= 0.6 is 24.0 Å². The number of rotatable bonds is 12. The van der Waals surface area contributed by atoms with E-state index in [9.17, 15) is 0 Å². The first kappa shape index (κ1) is 25.3. The van der Waals surface area contributed by atoms with E-state index in [-0.39, 0.29) is 24.0 Å². The van der Waals surface area contributed by atoms with Gasteiger partial charge in [0.05, 0.1) is 6.54 Å². The summed E-state index contributed by atoms with van der Waals surface area (Å²) in [5.41, 5.74) is 1.10. The summed E-state index contributed by atoms with van der Waals surface area (Å²) in [5.74, 6) is 1.74. The van der Waals surface area contributed by atoms with Crippen LogP contribution in [0.2, 0.25) is 0 Å². The molecule has 2 aromatic rings. The van der Waals surface area contributed by atoms with Crippen LogP contribution in [0.1, 0.15) is 26.3 Å². The van der Waals surface area contributed by atoms with Gasteiger partial charge in [-0.25, -0.2) is 4.99 Å². The van der Waals surface area contributed by atoms with Gasteiger partial charge in [-0.05, 0) is 38.2 Å². The molecule has 1 aromatic carbocycles. The number of aliphatic imine (C=N–C) groups is 1. The zero-order valence-electron chi connectivity index (χ0n) is 17.9. The number of halogens is 1. The van der Waals surface area contributed by atoms with Crippen molar-refractivity contribution in [2.45, 2.75) is 33.9 Å². The van der Waals surface area contributed by atoms with Gasteiger partial charge in [-0.3, -0.25) is 0 Å². The Kier molecular flexibility index (Phi) is 13.2. The highest BCUT2D eigenvalue weighted by molar-refractivity contribution is 14.0. The fourth-order valence-corrected chi connectivity index (χ4v) is 2.93. The molecule has 6 nitrogen and oxygen atoms in total. The third-order valence-electron chi connectivity index (χ3n) is 4.61.